The van der Waals surface area contributed by atoms with Gasteiger partial charge in [-0.1, -0.05) is 42.5 Å². The van der Waals surface area contributed by atoms with Gasteiger partial charge in [-0.3, -0.25) is 4.90 Å². The van der Waals surface area contributed by atoms with Crippen molar-refractivity contribution in [2.75, 3.05) is 39.4 Å². The van der Waals surface area contributed by atoms with Crippen molar-refractivity contribution in [3.05, 3.63) is 71.5 Å². The fourth-order valence-electron chi connectivity index (χ4n) is 3.32. The number of guanidine groups is 1. The third-order valence-corrected chi connectivity index (χ3v) is 4.81. The van der Waals surface area contributed by atoms with Crippen LogP contribution in [0.15, 0.2) is 59.6 Å². The standard InChI is InChI=1S/C22H29FN4O/c1-2-24-22(25-16-18-6-4-3-5-7-18)26-17-21(27-12-14-28-15-13-27)19-8-10-20(23)11-9-19/h3-11,21H,2,12-17H2,1H3,(H2,24,25,26). The van der Waals surface area contributed by atoms with E-state index in [4.69, 9.17) is 9.73 Å². The number of hydrogen-bond acceptors (Lipinski definition) is 3. The lowest BCUT2D eigenvalue weighted by atomic mass is 10.0. The van der Waals surface area contributed by atoms with Crippen LogP contribution in [0, 0.1) is 5.82 Å². The Labute approximate surface area is 166 Å². The van der Waals surface area contributed by atoms with Crippen LogP contribution in [-0.4, -0.2) is 50.3 Å². The molecule has 1 aliphatic heterocycles. The highest BCUT2D eigenvalue weighted by Crippen LogP contribution is 2.21. The van der Waals surface area contributed by atoms with Crippen molar-refractivity contribution < 1.29 is 9.13 Å². The van der Waals surface area contributed by atoms with E-state index in [1.165, 1.54) is 17.7 Å². The van der Waals surface area contributed by atoms with Crippen LogP contribution in [0.5, 0.6) is 0 Å². The molecule has 0 bridgehead atoms. The predicted octanol–water partition coefficient (Wildman–Crippen LogP) is 2.95. The van der Waals surface area contributed by atoms with Crippen LogP contribution in [0.3, 0.4) is 0 Å². The van der Waals surface area contributed by atoms with E-state index in [1.54, 1.807) is 0 Å². The number of hydrogen-bond donors (Lipinski definition) is 2. The van der Waals surface area contributed by atoms with Gasteiger partial charge in [0, 0.05) is 26.2 Å². The fourth-order valence-corrected chi connectivity index (χ4v) is 3.32. The van der Waals surface area contributed by atoms with Crippen LogP contribution >= 0.6 is 0 Å². The Kier molecular flexibility index (Phi) is 7.82. The third kappa shape index (κ3) is 6.04. The first kappa shape index (κ1) is 20.3. The summed E-state index contributed by atoms with van der Waals surface area (Å²) in [7, 11) is 0. The van der Waals surface area contributed by atoms with Gasteiger partial charge in [0.15, 0.2) is 5.96 Å². The van der Waals surface area contributed by atoms with Crippen LogP contribution < -0.4 is 10.6 Å². The van der Waals surface area contributed by atoms with E-state index in [1.807, 2.05) is 30.3 Å². The van der Waals surface area contributed by atoms with E-state index in [0.717, 1.165) is 44.4 Å². The molecule has 1 unspecified atom stereocenters. The molecule has 1 fully saturated rings. The molecular formula is C22H29FN4O. The fraction of sp³-hybridized carbons (Fsp3) is 0.409. The van der Waals surface area contributed by atoms with Crippen LogP contribution in [0.2, 0.25) is 0 Å². The SMILES string of the molecule is CCNC(=NCc1ccccc1)NCC(c1ccc(F)cc1)N1CCOCC1. The highest BCUT2D eigenvalue weighted by Gasteiger charge is 2.23. The van der Waals surface area contributed by atoms with Gasteiger partial charge in [-0.25, -0.2) is 9.38 Å². The van der Waals surface area contributed by atoms with Crippen LogP contribution in [0.1, 0.15) is 24.1 Å². The van der Waals surface area contributed by atoms with Gasteiger partial charge in [-0.2, -0.15) is 0 Å². The Morgan fingerprint density at radius 1 is 1.07 bits per heavy atom. The molecule has 3 rings (SSSR count). The van der Waals surface area contributed by atoms with Gasteiger partial charge in [0.1, 0.15) is 5.82 Å². The molecular weight excluding hydrogens is 355 g/mol. The minimum absolute atomic E-state index is 0.130. The molecule has 2 aromatic carbocycles. The van der Waals surface area contributed by atoms with Crippen molar-refractivity contribution in [3.63, 3.8) is 0 Å². The van der Waals surface area contributed by atoms with Gasteiger partial charge in [0.2, 0.25) is 0 Å². The van der Waals surface area contributed by atoms with Gasteiger partial charge in [-0.05, 0) is 30.2 Å². The molecule has 1 saturated heterocycles. The minimum atomic E-state index is -0.213. The zero-order valence-corrected chi connectivity index (χ0v) is 16.4. The number of nitrogens with zero attached hydrogens (tertiary/aromatic N) is 2. The maximum absolute atomic E-state index is 13.4. The lowest BCUT2D eigenvalue weighted by molar-refractivity contribution is 0.0170. The van der Waals surface area contributed by atoms with E-state index < -0.39 is 0 Å². The molecule has 2 N–H and O–H groups in total. The van der Waals surface area contributed by atoms with Gasteiger partial charge in [0.25, 0.3) is 0 Å². The molecule has 5 nitrogen and oxygen atoms in total. The van der Waals surface area contributed by atoms with Gasteiger partial charge < -0.3 is 15.4 Å². The number of benzene rings is 2. The normalized spacial score (nSPS) is 16.6. The topological polar surface area (TPSA) is 48.9 Å². The monoisotopic (exact) mass is 384 g/mol. The summed E-state index contributed by atoms with van der Waals surface area (Å²) in [6.07, 6.45) is 0. The number of halogens is 1. The van der Waals surface area contributed by atoms with E-state index in [-0.39, 0.29) is 11.9 Å². The number of ether oxygens (including phenoxy) is 1. The molecule has 150 valence electrons. The molecule has 1 atom stereocenters. The van der Waals surface area contributed by atoms with Crippen molar-refractivity contribution in [2.45, 2.75) is 19.5 Å². The summed E-state index contributed by atoms with van der Waals surface area (Å²) in [5.74, 6) is 0.571. The molecule has 0 spiro atoms. The van der Waals surface area contributed by atoms with Gasteiger partial charge in [0.05, 0.1) is 25.8 Å². The first-order chi connectivity index (χ1) is 13.8. The summed E-state index contributed by atoms with van der Waals surface area (Å²) < 4.78 is 18.9. The first-order valence-electron chi connectivity index (χ1n) is 9.89. The van der Waals surface area contributed by atoms with Gasteiger partial charge in [-0.15, -0.1) is 0 Å². The quantitative estimate of drug-likeness (QED) is 0.569. The van der Waals surface area contributed by atoms with E-state index in [0.29, 0.717) is 13.1 Å². The largest absolute Gasteiger partial charge is 0.379 e. The Morgan fingerprint density at radius 3 is 2.46 bits per heavy atom. The second kappa shape index (κ2) is 10.8. The van der Waals surface area contributed by atoms with E-state index in [2.05, 4.69) is 34.6 Å². The van der Waals surface area contributed by atoms with Gasteiger partial charge >= 0.3 is 0 Å². The maximum Gasteiger partial charge on any atom is 0.191 e. The minimum Gasteiger partial charge on any atom is -0.379 e. The van der Waals surface area contributed by atoms with Crippen molar-refractivity contribution in [1.82, 2.24) is 15.5 Å². The summed E-state index contributed by atoms with van der Waals surface area (Å²) in [6, 6.07) is 17.1. The number of rotatable bonds is 7. The summed E-state index contributed by atoms with van der Waals surface area (Å²) in [5.41, 5.74) is 2.26. The molecule has 1 aliphatic rings. The first-order valence-corrected chi connectivity index (χ1v) is 9.89. The summed E-state index contributed by atoms with van der Waals surface area (Å²) >= 11 is 0. The van der Waals surface area contributed by atoms with Crippen molar-refractivity contribution >= 4 is 5.96 Å². The Hall–Kier alpha value is -2.44. The van der Waals surface area contributed by atoms with Crippen LogP contribution in [-0.2, 0) is 11.3 Å². The van der Waals surface area contributed by atoms with Crippen molar-refractivity contribution in [2.24, 2.45) is 4.99 Å². The highest BCUT2D eigenvalue weighted by atomic mass is 19.1. The molecule has 0 saturated carbocycles. The smallest absolute Gasteiger partial charge is 0.191 e. The Bertz CT molecular complexity index is 730. The molecule has 0 radical (unpaired) electrons. The molecule has 6 heteroatoms. The molecule has 28 heavy (non-hydrogen) atoms. The van der Waals surface area contributed by atoms with Crippen LogP contribution in [0.4, 0.5) is 4.39 Å². The summed E-state index contributed by atoms with van der Waals surface area (Å²) in [6.45, 7) is 7.32. The average Bonchev–Trinajstić information content (AvgIpc) is 2.75. The third-order valence-electron chi connectivity index (χ3n) is 4.81. The number of aliphatic imine (C=N–C) groups is 1. The summed E-state index contributed by atoms with van der Waals surface area (Å²) in [4.78, 5) is 7.08. The molecule has 0 aromatic heterocycles. The van der Waals surface area contributed by atoms with Crippen molar-refractivity contribution in [1.29, 1.82) is 0 Å². The Morgan fingerprint density at radius 2 is 1.79 bits per heavy atom. The number of nitrogens with one attached hydrogen (secondary N) is 2. The van der Waals surface area contributed by atoms with E-state index in [9.17, 15) is 4.39 Å². The molecule has 0 aliphatic carbocycles. The zero-order valence-electron chi connectivity index (χ0n) is 16.4. The number of morpholine rings is 1. The molecule has 2 aromatic rings. The van der Waals surface area contributed by atoms with E-state index >= 15 is 0 Å². The molecule has 0 amide bonds. The zero-order chi connectivity index (χ0) is 19.6. The lowest BCUT2D eigenvalue weighted by Gasteiger charge is -2.35. The maximum atomic E-state index is 13.4. The summed E-state index contributed by atoms with van der Waals surface area (Å²) in [5, 5.41) is 6.77. The van der Waals surface area contributed by atoms with Crippen molar-refractivity contribution in [3.8, 4) is 0 Å². The lowest BCUT2D eigenvalue weighted by Crippen LogP contribution is -2.46. The second-order valence-electron chi connectivity index (χ2n) is 6.78. The Balaban J connectivity index is 1.69. The van der Waals surface area contributed by atoms with Crippen LogP contribution in [0.25, 0.3) is 0 Å². The molecule has 1 heterocycles. The predicted molar refractivity (Wildman–Crippen MR) is 111 cm³/mol. The second-order valence-corrected chi connectivity index (χ2v) is 6.78. The highest BCUT2D eigenvalue weighted by molar-refractivity contribution is 5.79. The average molecular weight is 384 g/mol.